The summed E-state index contributed by atoms with van der Waals surface area (Å²) in [5, 5.41) is 11.7. The first-order chi connectivity index (χ1) is 15.5. The number of likely N-dealkylation sites (tertiary alicyclic amines) is 1. The fourth-order valence-electron chi connectivity index (χ4n) is 4.27. The number of amides is 2. The van der Waals surface area contributed by atoms with E-state index in [1.54, 1.807) is 0 Å². The van der Waals surface area contributed by atoms with Gasteiger partial charge in [-0.3, -0.25) is 14.5 Å². The first-order valence-corrected chi connectivity index (χ1v) is 12.2. The molecule has 33 heavy (non-hydrogen) atoms. The van der Waals surface area contributed by atoms with Crippen molar-refractivity contribution in [1.29, 1.82) is 0 Å². The number of aromatic nitrogens is 3. The van der Waals surface area contributed by atoms with E-state index < -0.39 is 0 Å². The topological polar surface area (TPSA) is 92.2 Å². The lowest BCUT2D eigenvalue weighted by molar-refractivity contribution is -0.122. The van der Waals surface area contributed by atoms with E-state index in [0.29, 0.717) is 12.1 Å². The van der Waals surface area contributed by atoms with Gasteiger partial charge < -0.3 is 10.6 Å². The van der Waals surface area contributed by atoms with Crippen molar-refractivity contribution in [2.75, 3.05) is 26.2 Å². The largest absolute Gasteiger partial charge is 0.355 e. The first kappa shape index (κ1) is 25.1. The lowest BCUT2D eigenvalue weighted by Gasteiger charge is -2.32. The van der Waals surface area contributed by atoms with Crippen LogP contribution in [-0.2, 0) is 10.3 Å². The number of hydrogen-bond acceptors (Lipinski definition) is 5. The standard InChI is InChI=1S/C25H40N6O2/c1-8-11-26-21(32)15-30-12-9-18(10-13-30)27-24(33)19-14-20(16(2)3)28-23-22(19)17(4)29-31(23)25(5,6)7/h14,16,18H,8-13,15H2,1-7H3,(H,26,32)(H,27,33). The Bertz CT molecular complexity index is 996. The number of carbonyl (C=O) groups excluding carboxylic acids is 2. The second-order valence-electron chi connectivity index (χ2n) is 10.5. The van der Waals surface area contributed by atoms with E-state index in [1.807, 2.05) is 24.6 Å². The third kappa shape index (κ3) is 5.91. The lowest BCUT2D eigenvalue weighted by atomic mass is 10.0. The zero-order chi connectivity index (χ0) is 24.3. The van der Waals surface area contributed by atoms with Crippen LogP contribution in [0.25, 0.3) is 11.0 Å². The van der Waals surface area contributed by atoms with Gasteiger partial charge in [-0.2, -0.15) is 5.10 Å². The van der Waals surface area contributed by atoms with Crippen LogP contribution in [0.3, 0.4) is 0 Å². The average Bonchev–Trinajstić information content (AvgIpc) is 3.10. The van der Waals surface area contributed by atoms with Crippen LogP contribution in [0, 0.1) is 6.92 Å². The third-order valence-electron chi connectivity index (χ3n) is 6.17. The summed E-state index contributed by atoms with van der Waals surface area (Å²) in [6.07, 6.45) is 2.60. The van der Waals surface area contributed by atoms with Gasteiger partial charge in [0.1, 0.15) is 0 Å². The minimum absolute atomic E-state index is 0.0694. The normalized spacial score (nSPS) is 15.9. The predicted molar refractivity (Wildman–Crippen MR) is 132 cm³/mol. The molecule has 3 rings (SSSR count). The summed E-state index contributed by atoms with van der Waals surface area (Å²) in [7, 11) is 0. The molecule has 1 fully saturated rings. The highest BCUT2D eigenvalue weighted by Crippen LogP contribution is 2.29. The van der Waals surface area contributed by atoms with Crippen LogP contribution in [0.5, 0.6) is 0 Å². The van der Waals surface area contributed by atoms with E-state index in [9.17, 15) is 9.59 Å². The Morgan fingerprint density at radius 2 is 1.88 bits per heavy atom. The Kier molecular flexibility index (Phi) is 7.77. The van der Waals surface area contributed by atoms with Crippen LogP contribution < -0.4 is 10.6 Å². The maximum atomic E-state index is 13.4. The summed E-state index contributed by atoms with van der Waals surface area (Å²) in [4.78, 5) is 32.5. The van der Waals surface area contributed by atoms with Gasteiger partial charge in [-0.05, 0) is 58.9 Å². The van der Waals surface area contributed by atoms with Gasteiger partial charge in [0.15, 0.2) is 5.65 Å². The van der Waals surface area contributed by atoms with Crippen molar-refractivity contribution in [1.82, 2.24) is 30.3 Å². The molecule has 2 aromatic heterocycles. The molecule has 0 atom stereocenters. The van der Waals surface area contributed by atoms with E-state index in [2.05, 4.69) is 50.2 Å². The Hall–Kier alpha value is -2.48. The van der Waals surface area contributed by atoms with Crippen molar-refractivity contribution in [3.8, 4) is 0 Å². The van der Waals surface area contributed by atoms with Gasteiger partial charge in [-0.1, -0.05) is 20.8 Å². The van der Waals surface area contributed by atoms with Gasteiger partial charge in [-0.15, -0.1) is 0 Å². The lowest BCUT2D eigenvalue weighted by Crippen LogP contribution is -2.47. The molecule has 182 valence electrons. The minimum atomic E-state index is -0.237. The molecule has 0 spiro atoms. The SMILES string of the molecule is CCCNC(=O)CN1CCC(NC(=O)c2cc(C(C)C)nc3c2c(C)nn3C(C)(C)C)CC1. The Morgan fingerprint density at radius 1 is 1.21 bits per heavy atom. The molecule has 0 aromatic carbocycles. The molecule has 2 N–H and O–H groups in total. The highest BCUT2D eigenvalue weighted by molar-refractivity contribution is 6.06. The number of nitrogens with zero attached hydrogens (tertiary/aromatic N) is 4. The fraction of sp³-hybridized carbons (Fsp3) is 0.680. The van der Waals surface area contributed by atoms with E-state index in [1.165, 1.54) is 0 Å². The van der Waals surface area contributed by atoms with Crippen LogP contribution in [0.15, 0.2) is 6.07 Å². The highest BCUT2D eigenvalue weighted by atomic mass is 16.2. The molecule has 8 nitrogen and oxygen atoms in total. The van der Waals surface area contributed by atoms with E-state index in [4.69, 9.17) is 10.1 Å². The van der Waals surface area contributed by atoms with Gasteiger partial charge in [0.2, 0.25) is 5.91 Å². The highest BCUT2D eigenvalue weighted by Gasteiger charge is 2.27. The van der Waals surface area contributed by atoms with E-state index in [0.717, 1.165) is 61.3 Å². The Labute approximate surface area is 197 Å². The van der Waals surface area contributed by atoms with E-state index >= 15 is 0 Å². The molecular formula is C25H40N6O2. The maximum Gasteiger partial charge on any atom is 0.252 e. The summed E-state index contributed by atoms with van der Waals surface area (Å²) in [6.45, 7) is 17.2. The number of nitrogens with one attached hydrogen (secondary N) is 2. The molecule has 1 aliphatic rings. The molecule has 1 aliphatic heterocycles. The summed E-state index contributed by atoms with van der Waals surface area (Å²) < 4.78 is 1.93. The zero-order valence-electron chi connectivity index (χ0n) is 21.3. The molecule has 2 aromatic rings. The van der Waals surface area contributed by atoms with Crippen molar-refractivity contribution in [3.63, 3.8) is 0 Å². The van der Waals surface area contributed by atoms with Crippen molar-refractivity contribution in [3.05, 3.63) is 23.0 Å². The van der Waals surface area contributed by atoms with Crippen LogP contribution in [-0.4, -0.2) is 63.7 Å². The fourth-order valence-corrected chi connectivity index (χ4v) is 4.27. The van der Waals surface area contributed by atoms with Crippen LogP contribution in [0.4, 0.5) is 0 Å². The smallest absolute Gasteiger partial charge is 0.252 e. The van der Waals surface area contributed by atoms with Crippen LogP contribution in [0.1, 0.15) is 88.5 Å². The molecule has 0 saturated carbocycles. The number of hydrogen-bond donors (Lipinski definition) is 2. The monoisotopic (exact) mass is 456 g/mol. The Morgan fingerprint density at radius 3 is 2.45 bits per heavy atom. The number of aryl methyl sites for hydroxylation is 1. The minimum Gasteiger partial charge on any atom is -0.355 e. The van der Waals surface area contributed by atoms with Gasteiger partial charge in [-0.25, -0.2) is 9.67 Å². The summed E-state index contributed by atoms with van der Waals surface area (Å²) in [6, 6.07) is 2.02. The third-order valence-corrected chi connectivity index (χ3v) is 6.17. The van der Waals surface area contributed by atoms with Crippen LogP contribution in [0.2, 0.25) is 0 Å². The number of carbonyl (C=O) groups is 2. The summed E-state index contributed by atoms with van der Waals surface area (Å²) in [5.41, 5.74) is 2.90. The Balaban J connectivity index is 1.76. The molecule has 1 saturated heterocycles. The van der Waals surface area contributed by atoms with Gasteiger partial charge in [0.25, 0.3) is 5.91 Å². The van der Waals surface area contributed by atoms with Gasteiger partial charge >= 0.3 is 0 Å². The number of piperidine rings is 1. The first-order valence-electron chi connectivity index (χ1n) is 12.2. The average molecular weight is 457 g/mol. The molecule has 2 amide bonds. The van der Waals surface area contributed by atoms with Crippen molar-refractivity contribution in [2.45, 2.75) is 85.2 Å². The van der Waals surface area contributed by atoms with Crippen molar-refractivity contribution < 1.29 is 9.59 Å². The summed E-state index contributed by atoms with van der Waals surface area (Å²) in [5.74, 6) is 0.206. The van der Waals surface area contributed by atoms with Gasteiger partial charge in [0, 0.05) is 31.4 Å². The van der Waals surface area contributed by atoms with Gasteiger partial charge in [0.05, 0.1) is 28.7 Å². The quantitative estimate of drug-likeness (QED) is 0.667. The van der Waals surface area contributed by atoms with Crippen LogP contribution >= 0.6 is 0 Å². The number of rotatable bonds is 7. The number of fused-ring (bicyclic) bond motifs is 1. The summed E-state index contributed by atoms with van der Waals surface area (Å²) >= 11 is 0. The van der Waals surface area contributed by atoms with Crippen molar-refractivity contribution in [2.24, 2.45) is 0 Å². The van der Waals surface area contributed by atoms with Crippen molar-refractivity contribution >= 4 is 22.8 Å². The maximum absolute atomic E-state index is 13.4. The molecule has 0 unspecified atom stereocenters. The molecule has 3 heterocycles. The molecule has 8 heteroatoms. The molecule has 0 radical (unpaired) electrons. The predicted octanol–water partition coefficient (Wildman–Crippen LogP) is 3.34. The number of pyridine rings is 1. The second-order valence-corrected chi connectivity index (χ2v) is 10.5. The zero-order valence-corrected chi connectivity index (χ0v) is 21.3. The second kappa shape index (κ2) is 10.2. The molecule has 0 aliphatic carbocycles. The molecular weight excluding hydrogens is 416 g/mol. The molecule has 0 bridgehead atoms. The van der Waals surface area contributed by atoms with E-state index in [-0.39, 0.29) is 29.3 Å².